The van der Waals surface area contributed by atoms with Crippen LogP contribution < -0.4 is 5.32 Å². The van der Waals surface area contributed by atoms with Crippen LogP contribution in [0.4, 0.5) is 0 Å². The highest BCUT2D eigenvalue weighted by molar-refractivity contribution is 5.19. The van der Waals surface area contributed by atoms with E-state index in [2.05, 4.69) is 24.1 Å². The Balaban J connectivity index is 2.12. The topological polar surface area (TPSA) is 47.0 Å². The Morgan fingerprint density at radius 2 is 2.33 bits per heavy atom. The maximum Gasteiger partial charge on any atom is 0.133 e. The van der Waals surface area contributed by atoms with Crippen molar-refractivity contribution < 1.29 is 4.74 Å². The van der Waals surface area contributed by atoms with Gasteiger partial charge in [-0.15, -0.1) is 0 Å². The van der Waals surface area contributed by atoms with E-state index in [9.17, 15) is 0 Å². The zero-order valence-corrected chi connectivity index (χ0v) is 11.4. The van der Waals surface area contributed by atoms with Crippen molar-refractivity contribution >= 4 is 0 Å². The second kappa shape index (κ2) is 6.81. The standard InChI is InChI=1S/C14H23N3O/c1-3-13-12(8-15-4-2)9-16-14(17-13)11-6-5-7-18-10-11/h9,11,15H,3-8,10H2,1-2H3. The van der Waals surface area contributed by atoms with Gasteiger partial charge in [-0.3, -0.25) is 0 Å². The number of aryl methyl sites for hydroxylation is 1. The molecule has 4 nitrogen and oxygen atoms in total. The fourth-order valence-electron chi connectivity index (χ4n) is 2.31. The summed E-state index contributed by atoms with van der Waals surface area (Å²) in [7, 11) is 0. The van der Waals surface area contributed by atoms with Crippen LogP contribution in [0.1, 0.15) is 49.7 Å². The highest BCUT2D eigenvalue weighted by Gasteiger charge is 2.19. The SMILES string of the molecule is CCNCc1cnc(C2CCCOC2)nc1CC. The molecule has 1 aliphatic rings. The van der Waals surface area contributed by atoms with Crippen LogP contribution in [0.5, 0.6) is 0 Å². The molecule has 1 N–H and O–H groups in total. The van der Waals surface area contributed by atoms with Gasteiger partial charge in [0, 0.05) is 36.5 Å². The zero-order chi connectivity index (χ0) is 12.8. The predicted molar refractivity (Wildman–Crippen MR) is 71.6 cm³/mol. The van der Waals surface area contributed by atoms with Gasteiger partial charge >= 0.3 is 0 Å². The van der Waals surface area contributed by atoms with Gasteiger partial charge in [-0.25, -0.2) is 9.97 Å². The maximum atomic E-state index is 5.51. The van der Waals surface area contributed by atoms with Gasteiger partial charge in [0.15, 0.2) is 0 Å². The van der Waals surface area contributed by atoms with Crippen molar-refractivity contribution in [3.05, 3.63) is 23.3 Å². The summed E-state index contributed by atoms with van der Waals surface area (Å²) in [4.78, 5) is 9.27. The van der Waals surface area contributed by atoms with Crippen molar-refractivity contribution in [1.82, 2.24) is 15.3 Å². The largest absolute Gasteiger partial charge is 0.381 e. The average molecular weight is 249 g/mol. The van der Waals surface area contributed by atoms with Crippen molar-refractivity contribution in [1.29, 1.82) is 0 Å². The molecule has 1 atom stereocenters. The molecule has 2 heterocycles. The summed E-state index contributed by atoms with van der Waals surface area (Å²) in [5, 5.41) is 3.33. The molecule has 0 spiro atoms. The molecule has 0 aromatic carbocycles. The van der Waals surface area contributed by atoms with E-state index in [0.29, 0.717) is 5.92 Å². The van der Waals surface area contributed by atoms with E-state index in [4.69, 9.17) is 9.72 Å². The van der Waals surface area contributed by atoms with Crippen molar-refractivity contribution in [2.75, 3.05) is 19.8 Å². The van der Waals surface area contributed by atoms with Crippen LogP contribution in [0.3, 0.4) is 0 Å². The predicted octanol–water partition coefficient (Wildman–Crippen LogP) is 2.04. The first-order chi connectivity index (χ1) is 8.85. The van der Waals surface area contributed by atoms with Crippen molar-refractivity contribution in [2.24, 2.45) is 0 Å². The molecular weight excluding hydrogens is 226 g/mol. The van der Waals surface area contributed by atoms with Crippen LogP contribution in [-0.4, -0.2) is 29.7 Å². The maximum absolute atomic E-state index is 5.51. The molecule has 1 aromatic heterocycles. The number of hydrogen-bond donors (Lipinski definition) is 1. The molecule has 1 fully saturated rings. The summed E-state index contributed by atoms with van der Waals surface area (Å²) in [6, 6.07) is 0. The van der Waals surface area contributed by atoms with Gasteiger partial charge in [0.05, 0.1) is 6.61 Å². The van der Waals surface area contributed by atoms with Gasteiger partial charge in [-0.1, -0.05) is 13.8 Å². The monoisotopic (exact) mass is 249 g/mol. The number of aromatic nitrogens is 2. The number of hydrogen-bond acceptors (Lipinski definition) is 4. The average Bonchev–Trinajstić information content (AvgIpc) is 2.46. The summed E-state index contributed by atoms with van der Waals surface area (Å²) in [5.74, 6) is 1.35. The second-order valence-corrected chi connectivity index (χ2v) is 4.75. The molecule has 0 amide bonds. The third-order valence-corrected chi connectivity index (χ3v) is 3.40. The quantitative estimate of drug-likeness (QED) is 0.867. The molecule has 0 bridgehead atoms. The molecule has 0 aliphatic carbocycles. The lowest BCUT2D eigenvalue weighted by atomic mass is 10.0. The number of rotatable bonds is 5. The fraction of sp³-hybridized carbons (Fsp3) is 0.714. The van der Waals surface area contributed by atoms with E-state index in [1.165, 1.54) is 11.3 Å². The zero-order valence-electron chi connectivity index (χ0n) is 11.4. The first kappa shape index (κ1) is 13.4. The lowest BCUT2D eigenvalue weighted by Gasteiger charge is -2.21. The normalized spacial score (nSPS) is 20.0. The highest BCUT2D eigenvalue weighted by atomic mass is 16.5. The molecule has 0 saturated carbocycles. The van der Waals surface area contributed by atoms with E-state index >= 15 is 0 Å². The van der Waals surface area contributed by atoms with Gasteiger partial charge in [-0.05, 0) is 25.8 Å². The minimum absolute atomic E-state index is 0.386. The Labute approximate surface area is 109 Å². The van der Waals surface area contributed by atoms with Gasteiger partial charge < -0.3 is 10.1 Å². The molecule has 1 aliphatic heterocycles. The van der Waals surface area contributed by atoms with Crippen LogP contribution in [-0.2, 0) is 17.7 Å². The van der Waals surface area contributed by atoms with Crippen LogP contribution in [0.2, 0.25) is 0 Å². The number of nitrogens with one attached hydrogen (secondary N) is 1. The number of ether oxygens (including phenoxy) is 1. The van der Waals surface area contributed by atoms with Crippen LogP contribution in [0.15, 0.2) is 6.20 Å². The molecule has 4 heteroatoms. The Bertz CT molecular complexity index is 375. The Morgan fingerprint density at radius 3 is 3.00 bits per heavy atom. The van der Waals surface area contributed by atoms with Crippen LogP contribution in [0, 0.1) is 0 Å². The van der Waals surface area contributed by atoms with E-state index in [-0.39, 0.29) is 0 Å². The summed E-state index contributed by atoms with van der Waals surface area (Å²) in [6.45, 7) is 7.76. The second-order valence-electron chi connectivity index (χ2n) is 4.75. The van der Waals surface area contributed by atoms with Gasteiger partial charge in [0.1, 0.15) is 5.82 Å². The van der Waals surface area contributed by atoms with Gasteiger partial charge in [-0.2, -0.15) is 0 Å². The summed E-state index contributed by atoms with van der Waals surface area (Å²) >= 11 is 0. The van der Waals surface area contributed by atoms with Crippen molar-refractivity contribution in [3.63, 3.8) is 0 Å². The van der Waals surface area contributed by atoms with E-state index in [0.717, 1.165) is 51.4 Å². The molecule has 1 saturated heterocycles. The molecule has 18 heavy (non-hydrogen) atoms. The van der Waals surface area contributed by atoms with Gasteiger partial charge in [0.2, 0.25) is 0 Å². The van der Waals surface area contributed by atoms with Crippen molar-refractivity contribution in [3.8, 4) is 0 Å². The lowest BCUT2D eigenvalue weighted by molar-refractivity contribution is 0.0779. The smallest absolute Gasteiger partial charge is 0.133 e. The van der Waals surface area contributed by atoms with E-state index < -0.39 is 0 Å². The molecule has 1 unspecified atom stereocenters. The Hall–Kier alpha value is -1.00. The molecular formula is C14H23N3O. The molecule has 1 aromatic rings. The first-order valence-corrected chi connectivity index (χ1v) is 6.98. The number of nitrogens with zero attached hydrogens (tertiary/aromatic N) is 2. The van der Waals surface area contributed by atoms with Crippen LogP contribution >= 0.6 is 0 Å². The molecule has 100 valence electrons. The summed E-state index contributed by atoms with van der Waals surface area (Å²) in [6.07, 6.45) is 5.21. The molecule has 2 rings (SSSR count). The molecule has 0 radical (unpaired) electrons. The minimum Gasteiger partial charge on any atom is -0.381 e. The third kappa shape index (κ3) is 3.27. The van der Waals surface area contributed by atoms with Gasteiger partial charge in [0.25, 0.3) is 0 Å². The summed E-state index contributed by atoms with van der Waals surface area (Å²) < 4.78 is 5.51. The van der Waals surface area contributed by atoms with Crippen LogP contribution in [0.25, 0.3) is 0 Å². The lowest BCUT2D eigenvalue weighted by Crippen LogP contribution is -2.20. The van der Waals surface area contributed by atoms with E-state index in [1.807, 2.05) is 6.20 Å². The first-order valence-electron chi connectivity index (χ1n) is 6.98. The summed E-state index contributed by atoms with van der Waals surface area (Å²) in [5.41, 5.74) is 2.39. The Morgan fingerprint density at radius 1 is 1.44 bits per heavy atom. The Kier molecular flexibility index (Phi) is 5.08. The fourth-order valence-corrected chi connectivity index (χ4v) is 2.31. The van der Waals surface area contributed by atoms with E-state index in [1.54, 1.807) is 0 Å². The minimum atomic E-state index is 0.386. The highest BCUT2D eigenvalue weighted by Crippen LogP contribution is 2.23. The van der Waals surface area contributed by atoms with Crippen molar-refractivity contribution in [2.45, 2.75) is 45.6 Å². The third-order valence-electron chi connectivity index (χ3n) is 3.40.